The molecule has 0 bridgehead atoms. The summed E-state index contributed by atoms with van der Waals surface area (Å²) in [5.41, 5.74) is 2.87. The molecule has 1 N–H and O–H groups in total. The van der Waals surface area contributed by atoms with Crippen molar-refractivity contribution < 1.29 is 19.0 Å². The van der Waals surface area contributed by atoms with Crippen LogP contribution >= 0.6 is 0 Å². The Morgan fingerprint density at radius 1 is 0.576 bits per heavy atom. The SMILES string of the molecule is O=C(COc1ccc(-c2ccccc2)cc1)Nc1cccc(OCCOc2ccccc2)c1. The summed E-state index contributed by atoms with van der Waals surface area (Å²) >= 11 is 0. The van der Waals surface area contributed by atoms with Crippen molar-refractivity contribution in [1.82, 2.24) is 0 Å². The number of hydrogen-bond acceptors (Lipinski definition) is 4. The summed E-state index contributed by atoms with van der Waals surface area (Å²) in [5, 5.41) is 2.83. The minimum absolute atomic E-state index is 0.0827. The predicted octanol–water partition coefficient (Wildman–Crippen LogP) is 5.83. The molecular formula is C28H25NO4. The van der Waals surface area contributed by atoms with E-state index < -0.39 is 0 Å². The first-order valence-electron chi connectivity index (χ1n) is 10.8. The number of amides is 1. The van der Waals surface area contributed by atoms with Gasteiger partial charge >= 0.3 is 0 Å². The number of benzene rings is 4. The third-order valence-corrected chi connectivity index (χ3v) is 4.81. The quantitative estimate of drug-likeness (QED) is 0.316. The predicted molar refractivity (Wildman–Crippen MR) is 130 cm³/mol. The van der Waals surface area contributed by atoms with Gasteiger partial charge in [0.15, 0.2) is 6.61 Å². The van der Waals surface area contributed by atoms with Crippen LogP contribution in [-0.2, 0) is 4.79 Å². The minimum Gasteiger partial charge on any atom is -0.490 e. The van der Waals surface area contributed by atoms with Crippen LogP contribution in [0.1, 0.15) is 0 Å². The molecule has 166 valence electrons. The van der Waals surface area contributed by atoms with E-state index in [1.807, 2.05) is 84.9 Å². The second-order valence-electron chi connectivity index (χ2n) is 7.27. The lowest BCUT2D eigenvalue weighted by Gasteiger charge is -2.11. The molecule has 0 saturated carbocycles. The zero-order chi connectivity index (χ0) is 22.7. The first-order chi connectivity index (χ1) is 16.3. The largest absolute Gasteiger partial charge is 0.490 e. The molecule has 4 rings (SSSR count). The first-order valence-corrected chi connectivity index (χ1v) is 10.8. The van der Waals surface area contributed by atoms with E-state index in [4.69, 9.17) is 14.2 Å². The molecule has 0 spiro atoms. The van der Waals surface area contributed by atoms with Crippen LogP contribution in [0.25, 0.3) is 11.1 Å². The second kappa shape index (κ2) is 11.4. The molecule has 0 aromatic heterocycles. The van der Waals surface area contributed by atoms with Crippen LogP contribution < -0.4 is 19.5 Å². The Morgan fingerprint density at radius 2 is 1.15 bits per heavy atom. The van der Waals surface area contributed by atoms with Crippen molar-refractivity contribution in [3.63, 3.8) is 0 Å². The van der Waals surface area contributed by atoms with Gasteiger partial charge in [0, 0.05) is 11.8 Å². The fraction of sp³-hybridized carbons (Fsp3) is 0.107. The lowest BCUT2D eigenvalue weighted by Crippen LogP contribution is -2.20. The molecule has 0 unspecified atom stereocenters. The molecule has 4 aromatic rings. The van der Waals surface area contributed by atoms with E-state index in [1.54, 1.807) is 12.1 Å². The Balaban J connectivity index is 1.21. The fourth-order valence-electron chi connectivity index (χ4n) is 3.22. The molecule has 0 fully saturated rings. The van der Waals surface area contributed by atoms with Crippen molar-refractivity contribution in [1.29, 1.82) is 0 Å². The van der Waals surface area contributed by atoms with Crippen LogP contribution in [0.15, 0.2) is 109 Å². The van der Waals surface area contributed by atoms with Gasteiger partial charge in [0.2, 0.25) is 0 Å². The van der Waals surface area contributed by atoms with Gasteiger partial charge in [-0.2, -0.15) is 0 Å². The van der Waals surface area contributed by atoms with Crippen LogP contribution in [0.3, 0.4) is 0 Å². The summed E-state index contributed by atoms with van der Waals surface area (Å²) in [5.74, 6) is 1.85. The van der Waals surface area contributed by atoms with Crippen molar-refractivity contribution >= 4 is 11.6 Å². The average molecular weight is 440 g/mol. The number of ether oxygens (including phenoxy) is 3. The summed E-state index contributed by atoms with van der Waals surface area (Å²) in [7, 11) is 0. The fourth-order valence-corrected chi connectivity index (χ4v) is 3.22. The molecule has 5 nitrogen and oxygen atoms in total. The topological polar surface area (TPSA) is 56.8 Å². The summed E-state index contributed by atoms with van der Waals surface area (Å²) in [6.07, 6.45) is 0. The number of carbonyl (C=O) groups is 1. The third-order valence-electron chi connectivity index (χ3n) is 4.81. The highest BCUT2D eigenvalue weighted by molar-refractivity contribution is 5.92. The third kappa shape index (κ3) is 6.87. The Kier molecular flexibility index (Phi) is 7.58. The molecular weight excluding hydrogens is 414 g/mol. The van der Waals surface area contributed by atoms with Crippen molar-refractivity contribution in [2.75, 3.05) is 25.1 Å². The van der Waals surface area contributed by atoms with E-state index in [1.165, 1.54) is 0 Å². The van der Waals surface area contributed by atoms with Gasteiger partial charge in [0.25, 0.3) is 5.91 Å². The number of hydrogen-bond donors (Lipinski definition) is 1. The zero-order valence-electron chi connectivity index (χ0n) is 18.1. The molecule has 0 aliphatic carbocycles. The Hall–Kier alpha value is -4.25. The van der Waals surface area contributed by atoms with Gasteiger partial charge in [-0.3, -0.25) is 4.79 Å². The lowest BCUT2D eigenvalue weighted by atomic mass is 10.1. The number of para-hydroxylation sites is 1. The first kappa shape index (κ1) is 22.0. The number of anilines is 1. The Morgan fingerprint density at radius 3 is 1.88 bits per heavy atom. The molecule has 0 atom stereocenters. The maximum Gasteiger partial charge on any atom is 0.262 e. The van der Waals surface area contributed by atoms with Crippen molar-refractivity contribution in [3.05, 3.63) is 109 Å². The van der Waals surface area contributed by atoms with Crippen LogP contribution in [0.2, 0.25) is 0 Å². The maximum absolute atomic E-state index is 12.3. The van der Waals surface area contributed by atoms with E-state index in [-0.39, 0.29) is 12.5 Å². The summed E-state index contributed by atoms with van der Waals surface area (Å²) in [4.78, 5) is 12.3. The molecule has 4 aromatic carbocycles. The smallest absolute Gasteiger partial charge is 0.262 e. The monoisotopic (exact) mass is 439 g/mol. The molecule has 1 amide bonds. The second-order valence-corrected chi connectivity index (χ2v) is 7.27. The summed E-state index contributed by atoms with van der Waals surface area (Å²) in [6.45, 7) is 0.743. The van der Waals surface area contributed by atoms with E-state index in [0.29, 0.717) is 30.4 Å². The number of nitrogens with one attached hydrogen (secondary N) is 1. The van der Waals surface area contributed by atoms with Crippen molar-refractivity contribution in [2.45, 2.75) is 0 Å². The standard InChI is InChI=1S/C28H25NO4/c30-28(21-33-26-16-14-23(15-17-26)22-8-3-1-4-9-22)29-24-10-7-13-27(20-24)32-19-18-31-25-11-5-2-6-12-25/h1-17,20H,18-19,21H2,(H,29,30). The molecule has 0 aliphatic heterocycles. The van der Waals surface area contributed by atoms with Gasteiger partial charge in [0.05, 0.1) is 0 Å². The van der Waals surface area contributed by atoms with Crippen molar-refractivity contribution in [2.24, 2.45) is 0 Å². The maximum atomic E-state index is 12.3. The van der Waals surface area contributed by atoms with Gasteiger partial charge in [-0.25, -0.2) is 0 Å². The van der Waals surface area contributed by atoms with Crippen LogP contribution in [0, 0.1) is 0 Å². The van der Waals surface area contributed by atoms with E-state index in [2.05, 4.69) is 17.4 Å². The Labute approximate surface area is 193 Å². The van der Waals surface area contributed by atoms with Gasteiger partial charge in [-0.1, -0.05) is 66.7 Å². The summed E-state index contributed by atoms with van der Waals surface area (Å²) < 4.78 is 17.0. The highest BCUT2D eigenvalue weighted by Gasteiger charge is 2.06. The molecule has 0 heterocycles. The summed E-state index contributed by atoms with van der Waals surface area (Å²) in [6, 6.07) is 34.6. The molecule has 0 saturated heterocycles. The highest BCUT2D eigenvalue weighted by atomic mass is 16.5. The zero-order valence-corrected chi connectivity index (χ0v) is 18.1. The lowest BCUT2D eigenvalue weighted by molar-refractivity contribution is -0.118. The van der Waals surface area contributed by atoms with E-state index >= 15 is 0 Å². The van der Waals surface area contributed by atoms with Gasteiger partial charge in [-0.05, 0) is 47.5 Å². The molecule has 5 heteroatoms. The minimum atomic E-state index is -0.244. The van der Waals surface area contributed by atoms with E-state index in [9.17, 15) is 4.79 Å². The molecule has 33 heavy (non-hydrogen) atoms. The van der Waals surface area contributed by atoms with Crippen LogP contribution in [0.5, 0.6) is 17.2 Å². The van der Waals surface area contributed by atoms with Crippen LogP contribution in [0.4, 0.5) is 5.69 Å². The normalized spacial score (nSPS) is 10.3. The number of carbonyl (C=O) groups excluding carboxylic acids is 1. The Bertz CT molecular complexity index is 1150. The van der Waals surface area contributed by atoms with Gasteiger partial charge in [0.1, 0.15) is 30.5 Å². The van der Waals surface area contributed by atoms with Crippen LogP contribution in [-0.4, -0.2) is 25.7 Å². The van der Waals surface area contributed by atoms with Crippen molar-refractivity contribution in [3.8, 4) is 28.4 Å². The highest BCUT2D eigenvalue weighted by Crippen LogP contribution is 2.22. The average Bonchev–Trinajstić information content (AvgIpc) is 2.87. The van der Waals surface area contributed by atoms with Gasteiger partial charge in [-0.15, -0.1) is 0 Å². The number of rotatable bonds is 10. The van der Waals surface area contributed by atoms with E-state index in [0.717, 1.165) is 16.9 Å². The molecule has 0 aliphatic rings. The van der Waals surface area contributed by atoms with Gasteiger partial charge < -0.3 is 19.5 Å². The molecule has 0 radical (unpaired) electrons.